The highest BCUT2D eigenvalue weighted by Crippen LogP contribution is 2.57. The van der Waals surface area contributed by atoms with Crippen LogP contribution in [0.25, 0.3) is 72.0 Å². The molecule has 12 rings (SSSR count). The molecule has 0 amide bonds. The first-order valence-electron chi connectivity index (χ1n) is 22.2. The molecule has 1 aromatic heterocycles. The molecule has 1 fully saturated rings. The van der Waals surface area contributed by atoms with Crippen LogP contribution in [-0.4, -0.2) is 4.57 Å². The fourth-order valence-electron chi connectivity index (χ4n) is 11.1. The van der Waals surface area contributed by atoms with Crippen molar-refractivity contribution in [3.63, 3.8) is 0 Å². The standard InChI is InChI=1S/C60H46N2/c1-3-20-42(21-4-1)46-24-5-6-25-47(46)48-26-7-8-27-49(48)52-29-10-14-33-57(52)61(45-36-37-51-50-28-9-13-32-55(50)60(56(51)41-45)38-17-2-18-39-60)43-22-19-23-44(40-43)62-58-34-15-11-30-53(58)54-31-12-16-35-59(54)62/h1,3-16,19-37,40-41H,2,17-18,38-39H2. The van der Waals surface area contributed by atoms with Crippen molar-refractivity contribution in [3.05, 3.63) is 230 Å². The SMILES string of the molecule is c1ccc(-c2ccccc2-c2ccccc2-c2ccccc2N(c2cccc(-n3c4ccccc4c4ccccc43)c2)c2ccc3c(c2)C2(CCCCC2)c2ccccc2-3)cc1. The smallest absolute Gasteiger partial charge is 0.0541 e. The van der Waals surface area contributed by atoms with Gasteiger partial charge in [0.15, 0.2) is 0 Å². The van der Waals surface area contributed by atoms with E-state index in [-0.39, 0.29) is 5.41 Å². The molecule has 0 unspecified atom stereocenters. The van der Waals surface area contributed by atoms with E-state index in [2.05, 4.69) is 228 Å². The van der Waals surface area contributed by atoms with Gasteiger partial charge in [0.2, 0.25) is 0 Å². The molecular formula is C60H46N2. The normalized spacial score (nSPS) is 13.9. The summed E-state index contributed by atoms with van der Waals surface area (Å²) < 4.78 is 2.43. The van der Waals surface area contributed by atoms with Gasteiger partial charge in [-0.2, -0.15) is 0 Å². The van der Waals surface area contributed by atoms with E-state index in [9.17, 15) is 0 Å². The van der Waals surface area contributed by atoms with Crippen LogP contribution >= 0.6 is 0 Å². The first-order valence-corrected chi connectivity index (χ1v) is 22.2. The fraction of sp³-hybridized carbons (Fsp3) is 0.100. The van der Waals surface area contributed by atoms with Crippen LogP contribution in [0.2, 0.25) is 0 Å². The summed E-state index contributed by atoms with van der Waals surface area (Å²) in [4.78, 5) is 2.53. The van der Waals surface area contributed by atoms with E-state index in [0.717, 1.165) is 17.1 Å². The maximum atomic E-state index is 2.56. The lowest BCUT2D eigenvalue weighted by Crippen LogP contribution is -2.28. The minimum absolute atomic E-state index is 0.0317. The fourth-order valence-corrected chi connectivity index (χ4v) is 11.1. The molecule has 1 spiro atoms. The molecule has 2 aliphatic carbocycles. The Bertz CT molecular complexity index is 3240. The van der Waals surface area contributed by atoms with E-state index < -0.39 is 0 Å². The Hall–Kier alpha value is -7.42. The number of anilines is 3. The van der Waals surface area contributed by atoms with Crippen LogP contribution < -0.4 is 4.90 Å². The second-order valence-corrected chi connectivity index (χ2v) is 17.1. The van der Waals surface area contributed by atoms with Crippen LogP contribution in [0.5, 0.6) is 0 Å². The lowest BCUT2D eigenvalue weighted by atomic mass is 9.68. The summed E-state index contributed by atoms with van der Waals surface area (Å²) in [5, 5.41) is 2.53. The highest BCUT2D eigenvalue weighted by molar-refractivity contribution is 6.09. The number of hydrogen-bond acceptors (Lipinski definition) is 1. The van der Waals surface area contributed by atoms with Gasteiger partial charge in [-0.15, -0.1) is 0 Å². The molecule has 2 nitrogen and oxygen atoms in total. The summed E-state index contributed by atoms with van der Waals surface area (Å²) in [5.41, 5.74) is 20.1. The molecule has 2 heteroatoms. The summed E-state index contributed by atoms with van der Waals surface area (Å²) in [7, 11) is 0. The molecule has 0 saturated heterocycles. The molecule has 2 aliphatic rings. The number of benzene rings is 9. The Kier molecular flexibility index (Phi) is 8.78. The molecule has 0 bridgehead atoms. The number of aromatic nitrogens is 1. The first kappa shape index (κ1) is 36.4. The van der Waals surface area contributed by atoms with Gasteiger partial charge in [-0.05, 0) is 111 Å². The van der Waals surface area contributed by atoms with Crippen molar-refractivity contribution in [2.45, 2.75) is 37.5 Å². The Morgan fingerprint density at radius 3 is 1.61 bits per heavy atom. The number of hydrogen-bond donors (Lipinski definition) is 0. The molecule has 0 aliphatic heterocycles. The highest BCUT2D eigenvalue weighted by Gasteiger charge is 2.44. The van der Waals surface area contributed by atoms with Crippen LogP contribution in [0.15, 0.2) is 218 Å². The van der Waals surface area contributed by atoms with Crippen molar-refractivity contribution in [2.24, 2.45) is 0 Å². The van der Waals surface area contributed by atoms with Crippen molar-refractivity contribution in [2.75, 3.05) is 4.90 Å². The third-order valence-electron chi connectivity index (χ3n) is 13.8. The zero-order chi connectivity index (χ0) is 41.0. The number of fused-ring (bicyclic) bond motifs is 8. The lowest BCUT2D eigenvalue weighted by molar-refractivity contribution is 0.353. The Balaban J connectivity index is 1.10. The van der Waals surface area contributed by atoms with Gasteiger partial charge in [-0.25, -0.2) is 0 Å². The minimum Gasteiger partial charge on any atom is -0.310 e. The first-order chi connectivity index (χ1) is 30.8. The third-order valence-corrected chi connectivity index (χ3v) is 13.8. The van der Waals surface area contributed by atoms with Gasteiger partial charge in [0, 0.05) is 38.8 Å². The molecule has 9 aromatic carbocycles. The predicted molar refractivity (Wildman–Crippen MR) is 261 cm³/mol. The van der Waals surface area contributed by atoms with Crippen molar-refractivity contribution >= 4 is 38.9 Å². The van der Waals surface area contributed by atoms with Crippen LogP contribution in [-0.2, 0) is 5.41 Å². The van der Waals surface area contributed by atoms with Crippen LogP contribution in [0, 0.1) is 0 Å². The Morgan fingerprint density at radius 1 is 0.355 bits per heavy atom. The van der Waals surface area contributed by atoms with Crippen molar-refractivity contribution < 1.29 is 0 Å². The quantitative estimate of drug-likeness (QED) is 0.156. The molecule has 1 heterocycles. The summed E-state index contributed by atoms with van der Waals surface area (Å²) in [6.07, 6.45) is 6.20. The van der Waals surface area contributed by atoms with E-state index in [1.165, 1.54) is 115 Å². The average molecular weight is 795 g/mol. The van der Waals surface area contributed by atoms with Gasteiger partial charge in [0.1, 0.15) is 0 Å². The van der Waals surface area contributed by atoms with E-state index in [1.54, 1.807) is 0 Å². The van der Waals surface area contributed by atoms with E-state index in [0.29, 0.717) is 0 Å². The molecule has 296 valence electrons. The monoisotopic (exact) mass is 794 g/mol. The Morgan fingerprint density at radius 2 is 0.887 bits per heavy atom. The van der Waals surface area contributed by atoms with Gasteiger partial charge in [0.25, 0.3) is 0 Å². The number of para-hydroxylation sites is 3. The van der Waals surface area contributed by atoms with E-state index in [4.69, 9.17) is 0 Å². The third kappa shape index (κ3) is 5.78. The van der Waals surface area contributed by atoms with Gasteiger partial charge >= 0.3 is 0 Å². The second-order valence-electron chi connectivity index (χ2n) is 17.1. The van der Waals surface area contributed by atoms with E-state index >= 15 is 0 Å². The summed E-state index contributed by atoms with van der Waals surface area (Å²) >= 11 is 0. The maximum absolute atomic E-state index is 2.56. The summed E-state index contributed by atoms with van der Waals surface area (Å²) in [6, 6.07) is 81.0. The van der Waals surface area contributed by atoms with Crippen LogP contribution in [0.1, 0.15) is 43.2 Å². The van der Waals surface area contributed by atoms with Gasteiger partial charge in [-0.3, -0.25) is 0 Å². The van der Waals surface area contributed by atoms with Gasteiger partial charge in [0.05, 0.1) is 16.7 Å². The molecule has 0 radical (unpaired) electrons. The van der Waals surface area contributed by atoms with E-state index in [1.807, 2.05) is 0 Å². The molecule has 62 heavy (non-hydrogen) atoms. The minimum atomic E-state index is 0.0317. The van der Waals surface area contributed by atoms with Gasteiger partial charge in [-0.1, -0.05) is 189 Å². The zero-order valence-corrected chi connectivity index (χ0v) is 34.7. The molecule has 1 saturated carbocycles. The molecule has 0 N–H and O–H groups in total. The largest absolute Gasteiger partial charge is 0.310 e. The van der Waals surface area contributed by atoms with Crippen LogP contribution in [0.4, 0.5) is 17.1 Å². The molecule has 10 aromatic rings. The number of rotatable bonds is 7. The van der Waals surface area contributed by atoms with Gasteiger partial charge < -0.3 is 9.47 Å². The Labute approximate surface area is 364 Å². The zero-order valence-electron chi connectivity index (χ0n) is 34.7. The second kappa shape index (κ2) is 14.9. The van der Waals surface area contributed by atoms with Crippen LogP contribution in [0.3, 0.4) is 0 Å². The highest BCUT2D eigenvalue weighted by atomic mass is 15.1. The van der Waals surface area contributed by atoms with Crippen molar-refractivity contribution in [1.29, 1.82) is 0 Å². The molecular weight excluding hydrogens is 749 g/mol. The summed E-state index contributed by atoms with van der Waals surface area (Å²) in [5.74, 6) is 0. The average Bonchev–Trinajstić information content (AvgIpc) is 3.82. The lowest BCUT2D eigenvalue weighted by Gasteiger charge is -2.37. The maximum Gasteiger partial charge on any atom is 0.0541 e. The topological polar surface area (TPSA) is 8.17 Å². The predicted octanol–water partition coefficient (Wildman–Crippen LogP) is 16.5. The van der Waals surface area contributed by atoms with Crippen molar-refractivity contribution in [3.8, 4) is 50.2 Å². The summed E-state index contributed by atoms with van der Waals surface area (Å²) in [6.45, 7) is 0. The van der Waals surface area contributed by atoms with Crippen molar-refractivity contribution in [1.82, 2.24) is 4.57 Å². The molecule has 0 atom stereocenters. The number of nitrogens with zero attached hydrogens (tertiary/aromatic N) is 2.